The maximum Gasteiger partial charge on any atom is 0.268 e. The number of anilines is 3. The van der Waals surface area contributed by atoms with Crippen LogP contribution in [0.15, 0.2) is 78.4 Å². The molecule has 0 aliphatic heterocycles. The van der Waals surface area contributed by atoms with E-state index in [9.17, 15) is 14.4 Å². The number of aromatic nitrogens is 6. The molecule has 0 radical (unpaired) electrons. The van der Waals surface area contributed by atoms with E-state index in [1.807, 2.05) is 6.07 Å². The van der Waals surface area contributed by atoms with Gasteiger partial charge in [-0.15, -0.1) is 6.58 Å². The van der Waals surface area contributed by atoms with Gasteiger partial charge >= 0.3 is 0 Å². The van der Waals surface area contributed by atoms with Crippen molar-refractivity contribution in [2.45, 2.75) is 13.0 Å². The van der Waals surface area contributed by atoms with E-state index in [0.29, 0.717) is 34.8 Å². The molecule has 1 atom stereocenters. The van der Waals surface area contributed by atoms with Crippen LogP contribution in [0, 0.1) is 0 Å². The Morgan fingerprint density at radius 3 is 2.55 bits per heavy atom. The Morgan fingerprint density at radius 2 is 1.86 bits per heavy atom. The molecule has 13 nitrogen and oxygen atoms in total. The number of benzene rings is 2. The summed E-state index contributed by atoms with van der Waals surface area (Å²) < 4.78 is 4.42. The standard InChI is InChI=1S/C29H30N10O3/c1-5-14-31-26-23(24(30)36-38(26)4)28(41)33-17(2)25-34-20-12-9-13-21(35-27(40)18-15-32-37(3)16-18)22(20)29(42)39(25)19-10-7-6-8-11-19/h5-13,15-17,31H,1,14H2,2-4H3,(H2,30,36)(H,33,41)(H,35,40). The van der Waals surface area contributed by atoms with E-state index in [1.165, 1.54) is 20.1 Å². The Labute approximate surface area is 240 Å². The van der Waals surface area contributed by atoms with Crippen LogP contribution in [0.4, 0.5) is 17.3 Å². The molecule has 2 amide bonds. The van der Waals surface area contributed by atoms with E-state index >= 15 is 0 Å². The van der Waals surface area contributed by atoms with Crippen molar-refractivity contribution in [2.24, 2.45) is 14.1 Å². The molecule has 0 saturated carbocycles. The molecule has 0 spiro atoms. The van der Waals surface area contributed by atoms with Crippen molar-refractivity contribution in [3.63, 3.8) is 0 Å². The summed E-state index contributed by atoms with van der Waals surface area (Å²) >= 11 is 0. The predicted octanol–water partition coefficient (Wildman–Crippen LogP) is 2.78. The molecule has 3 aromatic heterocycles. The van der Waals surface area contributed by atoms with Gasteiger partial charge in [-0.3, -0.25) is 28.3 Å². The lowest BCUT2D eigenvalue weighted by Crippen LogP contribution is -2.34. The van der Waals surface area contributed by atoms with Crippen LogP contribution < -0.4 is 27.2 Å². The zero-order valence-electron chi connectivity index (χ0n) is 23.3. The summed E-state index contributed by atoms with van der Waals surface area (Å²) in [6.07, 6.45) is 4.67. The van der Waals surface area contributed by atoms with Gasteiger partial charge in [0.2, 0.25) is 0 Å². The third-order valence-electron chi connectivity index (χ3n) is 6.60. The highest BCUT2D eigenvalue weighted by Gasteiger charge is 2.26. The van der Waals surface area contributed by atoms with Crippen LogP contribution >= 0.6 is 0 Å². The smallest absolute Gasteiger partial charge is 0.268 e. The molecule has 3 heterocycles. The molecule has 0 fully saturated rings. The van der Waals surface area contributed by atoms with E-state index in [0.717, 1.165) is 0 Å². The van der Waals surface area contributed by atoms with E-state index in [1.54, 1.807) is 75.8 Å². The van der Waals surface area contributed by atoms with Gasteiger partial charge in [-0.05, 0) is 31.2 Å². The predicted molar refractivity (Wildman–Crippen MR) is 161 cm³/mol. The molecule has 5 aromatic rings. The highest BCUT2D eigenvalue weighted by Crippen LogP contribution is 2.26. The summed E-state index contributed by atoms with van der Waals surface area (Å²) in [5.74, 6) is -0.148. The quantitative estimate of drug-likeness (QED) is 0.198. The second-order valence-corrected chi connectivity index (χ2v) is 9.60. The maximum atomic E-state index is 14.2. The van der Waals surface area contributed by atoms with E-state index in [2.05, 4.69) is 32.7 Å². The number of nitrogens with one attached hydrogen (secondary N) is 3. The Balaban J connectivity index is 1.59. The fourth-order valence-electron chi connectivity index (χ4n) is 4.68. The van der Waals surface area contributed by atoms with Crippen molar-refractivity contribution >= 4 is 40.0 Å². The number of fused-ring (bicyclic) bond motifs is 1. The first-order valence-corrected chi connectivity index (χ1v) is 13.1. The second kappa shape index (κ2) is 11.4. The molecule has 0 saturated heterocycles. The molecule has 2 aromatic carbocycles. The zero-order chi connectivity index (χ0) is 30.0. The Bertz CT molecular complexity index is 1870. The minimum atomic E-state index is -0.740. The van der Waals surface area contributed by atoms with Crippen molar-refractivity contribution in [2.75, 3.05) is 22.9 Å². The summed E-state index contributed by atoms with van der Waals surface area (Å²) in [7, 11) is 3.38. The number of nitrogens with zero attached hydrogens (tertiary/aromatic N) is 6. The molecule has 5 N–H and O–H groups in total. The van der Waals surface area contributed by atoms with Gasteiger partial charge in [0.1, 0.15) is 17.2 Å². The summed E-state index contributed by atoms with van der Waals surface area (Å²) in [5, 5.41) is 17.2. The van der Waals surface area contributed by atoms with Crippen LogP contribution in [0.2, 0.25) is 0 Å². The average molecular weight is 567 g/mol. The third kappa shape index (κ3) is 5.22. The van der Waals surface area contributed by atoms with E-state index < -0.39 is 23.4 Å². The number of carbonyl (C=O) groups excluding carboxylic acids is 2. The maximum absolute atomic E-state index is 14.2. The molecular weight excluding hydrogens is 536 g/mol. The van der Waals surface area contributed by atoms with Crippen LogP contribution in [0.3, 0.4) is 0 Å². The van der Waals surface area contributed by atoms with E-state index in [4.69, 9.17) is 10.7 Å². The van der Waals surface area contributed by atoms with Crippen molar-refractivity contribution < 1.29 is 9.59 Å². The highest BCUT2D eigenvalue weighted by atomic mass is 16.2. The lowest BCUT2D eigenvalue weighted by atomic mass is 10.1. The van der Waals surface area contributed by atoms with Gasteiger partial charge in [-0.2, -0.15) is 10.2 Å². The lowest BCUT2D eigenvalue weighted by molar-refractivity contribution is 0.0938. The van der Waals surface area contributed by atoms with Gasteiger partial charge in [-0.25, -0.2) is 4.98 Å². The molecule has 13 heteroatoms. The van der Waals surface area contributed by atoms with Gasteiger partial charge in [-0.1, -0.05) is 30.3 Å². The fourth-order valence-corrected chi connectivity index (χ4v) is 4.68. The Morgan fingerprint density at radius 1 is 1.10 bits per heavy atom. The van der Waals surface area contributed by atoms with Crippen LogP contribution in [-0.2, 0) is 14.1 Å². The molecule has 0 aliphatic rings. The summed E-state index contributed by atoms with van der Waals surface area (Å²) in [6.45, 7) is 5.81. The lowest BCUT2D eigenvalue weighted by Gasteiger charge is -2.20. The van der Waals surface area contributed by atoms with Gasteiger partial charge in [0.15, 0.2) is 5.82 Å². The minimum absolute atomic E-state index is 0.0506. The van der Waals surface area contributed by atoms with Gasteiger partial charge in [0, 0.05) is 26.8 Å². The van der Waals surface area contributed by atoms with Gasteiger partial charge < -0.3 is 21.7 Å². The number of para-hydroxylation sites is 1. The highest BCUT2D eigenvalue weighted by molar-refractivity contribution is 6.08. The minimum Gasteiger partial charge on any atom is -0.381 e. The number of nitrogen functional groups attached to an aromatic ring is 1. The number of nitrogens with two attached hydrogens (primary N) is 1. The first-order valence-electron chi connectivity index (χ1n) is 13.1. The Hall–Kier alpha value is -5.72. The third-order valence-corrected chi connectivity index (χ3v) is 6.60. The van der Waals surface area contributed by atoms with Crippen molar-refractivity contribution in [3.8, 4) is 5.69 Å². The number of aryl methyl sites for hydroxylation is 2. The molecule has 0 bridgehead atoms. The number of rotatable bonds is 9. The second-order valence-electron chi connectivity index (χ2n) is 9.60. The van der Waals surface area contributed by atoms with Crippen LogP contribution in [-0.4, -0.2) is 47.5 Å². The van der Waals surface area contributed by atoms with Gasteiger partial charge in [0.05, 0.1) is 40.1 Å². The molecule has 1 unspecified atom stereocenters. The first kappa shape index (κ1) is 27.8. The Kier molecular flexibility index (Phi) is 7.56. The summed E-state index contributed by atoms with van der Waals surface area (Å²) in [4.78, 5) is 45.4. The number of hydrogen-bond acceptors (Lipinski definition) is 8. The van der Waals surface area contributed by atoms with Crippen molar-refractivity contribution in [3.05, 3.63) is 101 Å². The monoisotopic (exact) mass is 566 g/mol. The molecular formula is C29H30N10O3. The molecule has 42 heavy (non-hydrogen) atoms. The van der Waals surface area contributed by atoms with Crippen LogP contribution in [0.1, 0.15) is 39.5 Å². The van der Waals surface area contributed by atoms with E-state index in [-0.39, 0.29) is 22.6 Å². The van der Waals surface area contributed by atoms with Crippen molar-refractivity contribution in [1.29, 1.82) is 0 Å². The normalized spacial score (nSPS) is 11.7. The van der Waals surface area contributed by atoms with Crippen LogP contribution in [0.25, 0.3) is 16.6 Å². The average Bonchev–Trinajstić information content (AvgIpc) is 3.53. The molecule has 0 aliphatic carbocycles. The van der Waals surface area contributed by atoms with Crippen LogP contribution in [0.5, 0.6) is 0 Å². The zero-order valence-corrected chi connectivity index (χ0v) is 23.3. The molecule has 214 valence electrons. The largest absolute Gasteiger partial charge is 0.381 e. The number of hydrogen-bond donors (Lipinski definition) is 4. The first-order chi connectivity index (χ1) is 20.2. The topological polar surface area (TPSA) is 167 Å². The summed E-state index contributed by atoms with van der Waals surface area (Å²) in [5.41, 5.74) is 7.36. The van der Waals surface area contributed by atoms with Gasteiger partial charge in [0.25, 0.3) is 17.4 Å². The molecule has 5 rings (SSSR count). The van der Waals surface area contributed by atoms with Crippen molar-refractivity contribution in [1.82, 2.24) is 34.4 Å². The number of amides is 2. The SMILES string of the molecule is C=CCNc1c(C(=O)NC(C)c2nc3cccc(NC(=O)c4cnn(C)c4)c3c(=O)n2-c2ccccc2)c(N)nn1C. The fraction of sp³-hybridized carbons (Fsp3) is 0.172. The number of carbonyl (C=O) groups is 2. The summed E-state index contributed by atoms with van der Waals surface area (Å²) in [6, 6.07) is 13.2.